The van der Waals surface area contributed by atoms with E-state index >= 15 is 0 Å². The second-order valence-corrected chi connectivity index (χ2v) is 10.2. The molecule has 2 aliphatic rings. The minimum atomic E-state index is 0.324. The number of nitrogens with zero attached hydrogens (tertiary/aromatic N) is 5. The highest BCUT2D eigenvalue weighted by Crippen LogP contribution is 2.39. The van der Waals surface area contributed by atoms with Crippen LogP contribution < -0.4 is 0 Å². The van der Waals surface area contributed by atoms with Crippen LogP contribution in [0.2, 0.25) is 0 Å². The average Bonchev–Trinajstić information content (AvgIpc) is 3.40. The van der Waals surface area contributed by atoms with Crippen LogP contribution in [0.5, 0.6) is 0 Å². The molecule has 172 valence electrons. The Hall–Kier alpha value is -2.32. The Bertz CT molecular complexity index is 1030. The number of hydrogen-bond acceptors (Lipinski definition) is 5. The van der Waals surface area contributed by atoms with E-state index in [9.17, 15) is 4.79 Å². The molecule has 1 amide bonds. The molecule has 1 spiro atoms. The summed E-state index contributed by atoms with van der Waals surface area (Å²) in [5, 5.41) is 5.73. The molecule has 1 aromatic carbocycles. The van der Waals surface area contributed by atoms with E-state index in [1.165, 1.54) is 15.8 Å². The molecule has 0 aliphatic carbocycles. The minimum absolute atomic E-state index is 0.324. The van der Waals surface area contributed by atoms with Gasteiger partial charge in [-0.25, -0.2) is 4.99 Å². The van der Waals surface area contributed by atoms with E-state index in [-0.39, 0.29) is 0 Å². The molecule has 2 fully saturated rings. The molecule has 0 radical (unpaired) electrons. The smallest absolute Gasteiger partial charge is 0.216 e. The van der Waals surface area contributed by atoms with Gasteiger partial charge in [-0.15, -0.1) is 0 Å². The van der Waals surface area contributed by atoms with Gasteiger partial charge in [0.2, 0.25) is 12.4 Å². The topological polar surface area (TPSA) is 63.0 Å². The highest BCUT2D eigenvalue weighted by atomic mass is 32.2. The Morgan fingerprint density at radius 2 is 2.12 bits per heavy atom. The fourth-order valence-corrected chi connectivity index (χ4v) is 5.69. The van der Waals surface area contributed by atoms with Crippen molar-refractivity contribution in [3.05, 3.63) is 35.0 Å². The van der Waals surface area contributed by atoms with Crippen LogP contribution in [-0.4, -0.2) is 65.3 Å². The van der Waals surface area contributed by atoms with E-state index in [0.717, 1.165) is 68.8 Å². The quantitative estimate of drug-likeness (QED) is 0.295. The van der Waals surface area contributed by atoms with Crippen LogP contribution in [0.3, 0.4) is 0 Å². The van der Waals surface area contributed by atoms with Crippen molar-refractivity contribution in [1.82, 2.24) is 19.6 Å². The number of ether oxygens (including phenoxy) is 1. The summed E-state index contributed by atoms with van der Waals surface area (Å²) in [5.41, 5.74) is 2.66. The second-order valence-electron chi connectivity index (χ2n) is 8.91. The van der Waals surface area contributed by atoms with E-state index in [0.29, 0.717) is 11.4 Å². The molecular weight excluding hydrogens is 422 g/mol. The summed E-state index contributed by atoms with van der Waals surface area (Å²) in [6.45, 7) is 7.79. The van der Waals surface area contributed by atoms with Crippen LogP contribution in [0.15, 0.2) is 39.3 Å². The van der Waals surface area contributed by atoms with Crippen molar-refractivity contribution in [1.29, 1.82) is 0 Å². The van der Waals surface area contributed by atoms with Gasteiger partial charge >= 0.3 is 0 Å². The number of carbonyl (C=O) groups excluding carboxylic acids is 1. The molecule has 0 saturated carbocycles. The number of thioether (sulfide) groups is 1. The van der Waals surface area contributed by atoms with Crippen molar-refractivity contribution in [2.45, 2.75) is 44.4 Å². The highest BCUT2D eigenvalue weighted by molar-refractivity contribution is 8.03. The van der Waals surface area contributed by atoms with Crippen molar-refractivity contribution in [2.24, 2.45) is 17.5 Å². The standard InChI is InChI=1S/C24H33N5O2S/c1-5-19-20-15-28(4)26-21(20)6-7-22(19)32-18(2)14-25-23(27(3)17-30)29-11-8-24(9-12-29)10-13-31-16-24/h6-7,14-15,17H,5,8-13,16H2,1-4H3/b18-14+,25-23?. The fourth-order valence-electron chi connectivity index (χ4n) is 4.73. The fraction of sp³-hybridized carbons (Fsp3) is 0.542. The molecule has 2 aromatic rings. The van der Waals surface area contributed by atoms with Crippen molar-refractivity contribution < 1.29 is 9.53 Å². The van der Waals surface area contributed by atoms with Crippen LogP contribution >= 0.6 is 11.8 Å². The van der Waals surface area contributed by atoms with Gasteiger partial charge in [0.15, 0.2) is 0 Å². The van der Waals surface area contributed by atoms with Gasteiger partial charge < -0.3 is 9.64 Å². The number of aromatic nitrogens is 2. The summed E-state index contributed by atoms with van der Waals surface area (Å²) in [5.74, 6) is 0.715. The molecule has 0 N–H and O–H groups in total. The molecule has 32 heavy (non-hydrogen) atoms. The Labute approximate surface area is 194 Å². The first-order chi connectivity index (χ1) is 15.4. The van der Waals surface area contributed by atoms with Crippen LogP contribution in [0, 0.1) is 5.41 Å². The number of hydrogen-bond donors (Lipinski definition) is 0. The van der Waals surface area contributed by atoms with Crippen LogP contribution in [-0.2, 0) is 23.0 Å². The van der Waals surface area contributed by atoms with E-state index in [4.69, 9.17) is 9.73 Å². The lowest BCUT2D eigenvalue weighted by Crippen LogP contribution is -2.48. The maximum absolute atomic E-state index is 11.5. The average molecular weight is 456 g/mol. The number of amides is 1. The largest absolute Gasteiger partial charge is 0.381 e. The third kappa shape index (κ3) is 4.71. The van der Waals surface area contributed by atoms with Crippen molar-refractivity contribution in [3.63, 3.8) is 0 Å². The maximum Gasteiger partial charge on any atom is 0.216 e. The van der Waals surface area contributed by atoms with Crippen LogP contribution in [0.4, 0.5) is 0 Å². The molecule has 3 heterocycles. The number of allylic oxidation sites excluding steroid dienone is 1. The zero-order valence-corrected chi connectivity index (χ0v) is 20.3. The van der Waals surface area contributed by atoms with E-state index in [1.807, 2.05) is 17.9 Å². The summed E-state index contributed by atoms with van der Waals surface area (Å²) in [6.07, 6.45) is 9.07. The number of guanidine groups is 1. The van der Waals surface area contributed by atoms with Gasteiger partial charge in [-0.05, 0) is 55.7 Å². The molecule has 0 atom stereocenters. The first kappa shape index (κ1) is 22.9. The molecule has 7 nitrogen and oxygen atoms in total. The summed E-state index contributed by atoms with van der Waals surface area (Å²) in [6, 6.07) is 4.22. The summed E-state index contributed by atoms with van der Waals surface area (Å²) < 4.78 is 7.52. The third-order valence-electron chi connectivity index (χ3n) is 6.62. The highest BCUT2D eigenvalue weighted by Gasteiger charge is 2.39. The molecule has 0 bridgehead atoms. The number of aliphatic imine (C=N–C) groups is 1. The first-order valence-electron chi connectivity index (χ1n) is 11.3. The van der Waals surface area contributed by atoms with Crippen LogP contribution in [0.1, 0.15) is 38.7 Å². The number of benzene rings is 1. The molecule has 4 rings (SSSR count). The van der Waals surface area contributed by atoms with Crippen molar-refractivity contribution in [3.8, 4) is 0 Å². The first-order valence-corrected chi connectivity index (χ1v) is 12.1. The van der Waals surface area contributed by atoms with E-state index < -0.39 is 0 Å². The lowest BCUT2D eigenvalue weighted by Gasteiger charge is -2.40. The van der Waals surface area contributed by atoms with Gasteiger partial charge in [0.05, 0.1) is 12.1 Å². The summed E-state index contributed by atoms with van der Waals surface area (Å²) >= 11 is 1.72. The normalized spacial score (nSPS) is 19.2. The van der Waals surface area contributed by atoms with Gasteiger partial charge in [-0.2, -0.15) is 5.10 Å². The molecular formula is C24H33N5O2S. The van der Waals surface area contributed by atoms with Gasteiger partial charge in [0.25, 0.3) is 0 Å². The number of fused-ring (bicyclic) bond motifs is 1. The lowest BCUT2D eigenvalue weighted by atomic mass is 9.78. The number of piperidine rings is 1. The van der Waals surface area contributed by atoms with E-state index in [2.05, 4.69) is 42.2 Å². The second kappa shape index (κ2) is 9.67. The maximum atomic E-state index is 11.5. The Morgan fingerprint density at radius 3 is 2.78 bits per heavy atom. The molecule has 2 saturated heterocycles. The predicted octanol–water partition coefficient (Wildman–Crippen LogP) is 4.04. The number of aryl methyl sites for hydroxylation is 2. The Kier molecular flexibility index (Phi) is 6.90. The van der Waals surface area contributed by atoms with Crippen molar-refractivity contribution in [2.75, 3.05) is 33.4 Å². The SMILES string of the molecule is CCc1c(S/C(C)=C/N=C(N(C)C=O)N2CCC3(CCOC3)CC2)ccc2nn(C)cc12. The summed E-state index contributed by atoms with van der Waals surface area (Å²) in [7, 11) is 3.73. The third-order valence-corrected chi connectivity index (χ3v) is 7.65. The van der Waals surface area contributed by atoms with Gasteiger partial charge in [-0.1, -0.05) is 18.7 Å². The Morgan fingerprint density at radius 1 is 1.34 bits per heavy atom. The zero-order valence-electron chi connectivity index (χ0n) is 19.5. The van der Waals surface area contributed by atoms with Crippen LogP contribution in [0.25, 0.3) is 10.9 Å². The molecule has 8 heteroatoms. The molecule has 0 unspecified atom stereocenters. The van der Waals surface area contributed by atoms with Gasteiger partial charge in [0, 0.05) is 61.4 Å². The predicted molar refractivity (Wildman–Crippen MR) is 130 cm³/mol. The number of likely N-dealkylation sites (tertiary alicyclic amines) is 1. The monoisotopic (exact) mass is 455 g/mol. The number of rotatable bonds is 5. The number of carbonyl (C=O) groups is 1. The van der Waals surface area contributed by atoms with Crippen molar-refractivity contribution >= 4 is 35.0 Å². The van der Waals surface area contributed by atoms with Gasteiger partial charge in [0.1, 0.15) is 0 Å². The zero-order chi connectivity index (χ0) is 22.7. The lowest BCUT2D eigenvalue weighted by molar-refractivity contribution is -0.114. The minimum Gasteiger partial charge on any atom is -0.381 e. The molecule has 1 aromatic heterocycles. The van der Waals surface area contributed by atoms with Gasteiger partial charge in [-0.3, -0.25) is 14.4 Å². The summed E-state index contributed by atoms with van der Waals surface area (Å²) in [4.78, 5) is 22.4. The van der Waals surface area contributed by atoms with E-state index in [1.54, 1.807) is 23.7 Å². The Balaban J connectivity index is 1.52. The molecule has 2 aliphatic heterocycles.